The molecular weight excluding hydrogens is 442 g/mol. The summed E-state index contributed by atoms with van der Waals surface area (Å²) in [5.74, 6) is 1.96. The monoisotopic (exact) mass is 474 g/mol. The zero-order valence-electron chi connectivity index (χ0n) is 17.3. The molecule has 1 amide bonds. The number of aromatic nitrogens is 2. The molecule has 29 heavy (non-hydrogen) atoms. The van der Waals surface area contributed by atoms with Gasteiger partial charge in [0.15, 0.2) is 0 Å². The molecule has 0 aromatic carbocycles. The first kappa shape index (κ1) is 27.0. The van der Waals surface area contributed by atoms with Crippen molar-refractivity contribution in [1.82, 2.24) is 9.88 Å². The molecule has 1 aromatic rings. The number of unbranched alkanes of at least 4 members (excludes halogenated alkanes) is 1. The zero-order valence-corrected chi connectivity index (χ0v) is 19.0. The van der Waals surface area contributed by atoms with Crippen LogP contribution in [0.15, 0.2) is 18.7 Å². The van der Waals surface area contributed by atoms with E-state index < -0.39 is 18.2 Å². The van der Waals surface area contributed by atoms with Gasteiger partial charge >= 0.3 is 6.16 Å². The van der Waals surface area contributed by atoms with Gasteiger partial charge in [-0.2, -0.15) is 0 Å². The average molecular weight is 475 g/mol. The SMILES string of the molecule is Br.C#CCCOC(=O)OCC(C)(CO)C(=O)NCCC[n+]1ccn(CCCC)c1. The highest BCUT2D eigenvalue weighted by Crippen LogP contribution is 2.16. The fraction of sp³-hybridized carbons (Fsp3) is 0.650. The summed E-state index contributed by atoms with van der Waals surface area (Å²) in [6.07, 6.45) is 13.6. The molecule has 0 radical (unpaired) electrons. The number of carbonyl (C=O) groups is 2. The third-order valence-corrected chi connectivity index (χ3v) is 4.27. The lowest BCUT2D eigenvalue weighted by Crippen LogP contribution is -2.46. The van der Waals surface area contributed by atoms with Gasteiger partial charge in [-0.05, 0) is 13.3 Å². The second-order valence-electron chi connectivity index (χ2n) is 6.91. The van der Waals surface area contributed by atoms with Crippen molar-refractivity contribution in [2.45, 2.75) is 52.6 Å². The van der Waals surface area contributed by atoms with Gasteiger partial charge < -0.3 is 19.9 Å². The minimum atomic E-state index is -1.23. The van der Waals surface area contributed by atoms with Crippen LogP contribution in [-0.2, 0) is 27.4 Å². The summed E-state index contributed by atoms with van der Waals surface area (Å²) in [7, 11) is 0. The quantitative estimate of drug-likeness (QED) is 0.197. The van der Waals surface area contributed by atoms with E-state index in [2.05, 4.69) is 33.6 Å². The van der Waals surface area contributed by atoms with Gasteiger partial charge in [0.05, 0.1) is 19.7 Å². The lowest BCUT2D eigenvalue weighted by Gasteiger charge is -2.25. The number of imidazole rings is 1. The van der Waals surface area contributed by atoms with Crippen molar-refractivity contribution in [1.29, 1.82) is 0 Å². The van der Waals surface area contributed by atoms with Crippen molar-refractivity contribution in [2.75, 3.05) is 26.4 Å². The van der Waals surface area contributed by atoms with Crippen LogP contribution in [0.5, 0.6) is 0 Å². The van der Waals surface area contributed by atoms with E-state index in [1.807, 2.05) is 12.4 Å². The van der Waals surface area contributed by atoms with Crippen molar-refractivity contribution in [3.05, 3.63) is 18.7 Å². The maximum Gasteiger partial charge on any atom is 0.508 e. The Morgan fingerprint density at radius 3 is 2.76 bits per heavy atom. The lowest BCUT2D eigenvalue weighted by atomic mass is 9.92. The van der Waals surface area contributed by atoms with Gasteiger partial charge in [0, 0.05) is 19.4 Å². The molecule has 0 aliphatic rings. The zero-order chi connectivity index (χ0) is 20.8. The van der Waals surface area contributed by atoms with Crippen LogP contribution >= 0.6 is 17.0 Å². The molecule has 1 rings (SSSR count). The number of terminal acetylenes is 1. The number of carbonyl (C=O) groups excluding carboxylic acids is 2. The van der Waals surface area contributed by atoms with E-state index >= 15 is 0 Å². The van der Waals surface area contributed by atoms with Gasteiger partial charge in [-0.15, -0.1) is 29.3 Å². The fourth-order valence-electron chi connectivity index (χ4n) is 2.36. The van der Waals surface area contributed by atoms with Crippen molar-refractivity contribution < 1.29 is 28.7 Å². The van der Waals surface area contributed by atoms with Crippen molar-refractivity contribution >= 4 is 29.0 Å². The molecule has 0 fully saturated rings. The molecule has 1 atom stereocenters. The van der Waals surface area contributed by atoms with E-state index in [-0.39, 0.29) is 42.5 Å². The Labute approximate surface area is 183 Å². The summed E-state index contributed by atoms with van der Waals surface area (Å²) in [6.45, 7) is 5.23. The average Bonchev–Trinajstić information content (AvgIpc) is 3.15. The number of ether oxygens (including phenoxy) is 2. The van der Waals surface area contributed by atoms with Gasteiger partial charge in [-0.3, -0.25) is 4.79 Å². The van der Waals surface area contributed by atoms with E-state index in [4.69, 9.17) is 15.9 Å². The summed E-state index contributed by atoms with van der Waals surface area (Å²) in [5.41, 5.74) is -1.23. The van der Waals surface area contributed by atoms with Gasteiger partial charge in [-0.25, -0.2) is 13.9 Å². The molecule has 9 heteroatoms. The smallest absolute Gasteiger partial charge is 0.433 e. The minimum Gasteiger partial charge on any atom is -0.433 e. The van der Waals surface area contributed by atoms with E-state index in [1.165, 1.54) is 6.92 Å². The Balaban J connectivity index is 0.00000784. The molecule has 0 aliphatic heterocycles. The van der Waals surface area contributed by atoms with Crippen LogP contribution in [0.4, 0.5) is 4.79 Å². The summed E-state index contributed by atoms with van der Waals surface area (Å²) in [6, 6.07) is 0. The predicted octanol–water partition coefficient (Wildman–Crippen LogP) is 1.83. The number of aliphatic hydroxyl groups excluding tert-OH is 1. The minimum absolute atomic E-state index is 0. The molecule has 1 heterocycles. The summed E-state index contributed by atoms with van der Waals surface area (Å²) >= 11 is 0. The highest BCUT2D eigenvalue weighted by molar-refractivity contribution is 8.93. The molecule has 1 aromatic heterocycles. The van der Waals surface area contributed by atoms with Crippen LogP contribution in [0.3, 0.4) is 0 Å². The molecule has 164 valence electrons. The standard InChI is InChI=1S/C20H31N3O5.BrH/c1-4-6-10-22-12-13-23(17-22)11-8-9-21-18(25)20(3,15-24)16-28-19(26)27-14-7-5-2;/h2,12-13,17,24H,4,6-11,14-16H2,1,3H3;1H/p+1. The Morgan fingerprint density at radius 1 is 1.34 bits per heavy atom. The molecule has 2 N–H and O–H groups in total. The Bertz CT molecular complexity index is 659. The largest absolute Gasteiger partial charge is 0.508 e. The van der Waals surface area contributed by atoms with Crippen LogP contribution in [0.2, 0.25) is 0 Å². The number of nitrogens with one attached hydrogen (secondary N) is 1. The third kappa shape index (κ3) is 10.3. The number of hydrogen-bond donors (Lipinski definition) is 2. The number of aryl methyl sites for hydroxylation is 2. The van der Waals surface area contributed by atoms with Crippen LogP contribution < -0.4 is 9.88 Å². The topological polar surface area (TPSA) is 93.7 Å². The second kappa shape index (κ2) is 14.9. The lowest BCUT2D eigenvalue weighted by molar-refractivity contribution is -0.696. The molecular formula is C20H33BrN3O5+. The first-order valence-corrected chi connectivity index (χ1v) is 9.62. The highest BCUT2D eigenvalue weighted by Gasteiger charge is 2.34. The number of halogens is 1. The number of rotatable bonds is 13. The molecule has 0 saturated carbocycles. The number of amides is 1. The molecule has 0 aliphatic carbocycles. The Morgan fingerprint density at radius 2 is 2.10 bits per heavy atom. The highest BCUT2D eigenvalue weighted by atomic mass is 79.9. The fourth-order valence-corrected chi connectivity index (χ4v) is 2.36. The summed E-state index contributed by atoms with van der Waals surface area (Å²) < 4.78 is 13.9. The molecule has 0 saturated heterocycles. The number of aliphatic hydroxyl groups is 1. The first-order valence-electron chi connectivity index (χ1n) is 9.62. The van der Waals surface area contributed by atoms with Crippen LogP contribution in [0.25, 0.3) is 0 Å². The molecule has 0 spiro atoms. The van der Waals surface area contributed by atoms with Crippen molar-refractivity contribution in [2.24, 2.45) is 5.41 Å². The number of nitrogens with zero attached hydrogens (tertiary/aromatic N) is 2. The maximum atomic E-state index is 12.4. The second-order valence-corrected chi connectivity index (χ2v) is 6.91. The van der Waals surface area contributed by atoms with Gasteiger partial charge in [-0.1, -0.05) is 13.3 Å². The Kier molecular flexibility index (Phi) is 13.8. The normalized spacial score (nSPS) is 12.2. The van der Waals surface area contributed by atoms with E-state index in [0.717, 1.165) is 32.4 Å². The first-order chi connectivity index (χ1) is 13.4. The van der Waals surface area contributed by atoms with Crippen LogP contribution in [0.1, 0.15) is 39.5 Å². The third-order valence-electron chi connectivity index (χ3n) is 4.27. The van der Waals surface area contributed by atoms with Crippen molar-refractivity contribution in [3.8, 4) is 12.3 Å². The molecule has 8 nitrogen and oxygen atoms in total. The van der Waals surface area contributed by atoms with E-state index in [1.54, 1.807) is 0 Å². The van der Waals surface area contributed by atoms with Gasteiger partial charge in [0.25, 0.3) is 0 Å². The van der Waals surface area contributed by atoms with Crippen LogP contribution in [0, 0.1) is 17.8 Å². The van der Waals surface area contributed by atoms with Crippen LogP contribution in [-0.4, -0.2) is 48.1 Å². The van der Waals surface area contributed by atoms with Gasteiger partial charge in [0.1, 0.15) is 31.0 Å². The maximum absolute atomic E-state index is 12.4. The summed E-state index contributed by atoms with van der Waals surface area (Å²) in [4.78, 5) is 23.8. The van der Waals surface area contributed by atoms with E-state index in [0.29, 0.717) is 6.54 Å². The van der Waals surface area contributed by atoms with E-state index in [9.17, 15) is 14.7 Å². The molecule has 1 unspecified atom stereocenters. The number of hydrogen-bond acceptors (Lipinski definition) is 5. The molecule has 0 bridgehead atoms. The Hall–Kier alpha value is -2.05. The summed E-state index contributed by atoms with van der Waals surface area (Å²) in [5, 5.41) is 12.3. The van der Waals surface area contributed by atoms with Crippen molar-refractivity contribution in [3.63, 3.8) is 0 Å². The van der Waals surface area contributed by atoms with Gasteiger partial charge in [0.2, 0.25) is 12.2 Å². The predicted molar refractivity (Wildman–Crippen MR) is 113 cm³/mol.